The van der Waals surface area contributed by atoms with E-state index in [1.54, 1.807) is 6.21 Å². The van der Waals surface area contributed by atoms with E-state index in [1.165, 1.54) is 0 Å². The molecule has 0 fully saturated rings. The number of hydrogen-bond donors (Lipinski definition) is 1. The molecule has 1 N–H and O–H groups in total. The van der Waals surface area contributed by atoms with Crippen LogP contribution in [0.1, 0.15) is 30.9 Å². The van der Waals surface area contributed by atoms with Crippen molar-refractivity contribution in [2.75, 3.05) is 6.61 Å². The molecule has 0 aromatic heterocycles. The molecule has 0 unspecified atom stereocenters. The molecule has 0 heterocycles. The first kappa shape index (κ1) is 15.8. The second-order valence-electron chi connectivity index (χ2n) is 5.19. The highest BCUT2D eigenvalue weighted by Gasteiger charge is 2.08. The Kier molecular flexibility index (Phi) is 5.72. The van der Waals surface area contributed by atoms with E-state index in [0.717, 1.165) is 16.9 Å². The Labute approximate surface area is 130 Å². The molecule has 0 saturated carbocycles. The molecular formula is C18H20N2O2. The minimum Gasteiger partial charge on any atom is -0.483 e. The fourth-order valence-electron chi connectivity index (χ4n) is 1.98. The highest BCUT2D eigenvalue weighted by Crippen LogP contribution is 2.25. The third-order valence-corrected chi connectivity index (χ3v) is 3.10. The van der Waals surface area contributed by atoms with Gasteiger partial charge in [-0.15, -0.1) is 0 Å². The van der Waals surface area contributed by atoms with Crippen molar-refractivity contribution in [3.05, 3.63) is 65.7 Å². The number of ether oxygens (including phenoxy) is 1. The van der Waals surface area contributed by atoms with Gasteiger partial charge in [-0.05, 0) is 23.1 Å². The third-order valence-electron chi connectivity index (χ3n) is 3.10. The van der Waals surface area contributed by atoms with Crippen LogP contribution >= 0.6 is 0 Å². The van der Waals surface area contributed by atoms with Gasteiger partial charge in [0.05, 0.1) is 6.21 Å². The maximum Gasteiger partial charge on any atom is 0.277 e. The number of para-hydroxylation sites is 1. The molecule has 0 bridgehead atoms. The van der Waals surface area contributed by atoms with Gasteiger partial charge in [-0.2, -0.15) is 5.10 Å². The van der Waals surface area contributed by atoms with Crippen molar-refractivity contribution < 1.29 is 9.53 Å². The second-order valence-corrected chi connectivity index (χ2v) is 5.19. The number of benzene rings is 2. The number of hydrazone groups is 1. The summed E-state index contributed by atoms with van der Waals surface area (Å²) in [5.74, 6) is 0.792. The summed E-state index contributed by atoms with van der Waals surface area (Å²) < 4.78 is 5.58. The molecule has 0 saturated heterocycles. The number of carbonyl (C=O) groups is 1. The van der Waals surface area contributed by atoms with Gasteiger partial charge >= 0.3 is 0 Å². The molecule has 2 rings (SSSR count). The first-order chi connectivity index (χ1) is 10.7. The van der Waals surface area contributed by atoms with Gasteiger partial charge < -0.3 is 4.74 Å². The number of rotatable bonds is 6. The highest BCUT2D eigenvalue weighted by atomic mass is 16.5. The number of nitrogens with one attached hydrogen (secondary N) is 1. The van der Waals surface area contributed by atoms with Crippen LogP contribution in [0, 0.1) is 0 Å². The molecule has 114 valence electrons. The summed E-state index contributed by atoms with van der Waals surface area (Å²) in [6, 6.07) is 17.3. The number of carbonyl (C=O) groups excluding carboxylic acids is 1. The maximum atomic E-state index is 11.7. The largest absolute Gasteiger partial charge is 0.483 e. The van der Waals surface area contributed by atoms with Crippen LogP contribution in [0.3, 0.4) is 0 Å². The molecule has 0 aliphatic heterocycles. The minimum absolute atomic E-state index is 0.0597. The van der Waals surface area contributed by atoms with Crippen LogP contribution in [-0.4, -0.2) is 18.7 Å². The van der Waals surface area contributed by atoms with Crippen LogP contribution in [-0.2, 0) is 4.79 Å². The van der Waals surface area contributed by atoms with Crippen molar-refractivity contribution in [2.45, 2.75) is 19.8 Å². The Balaban J connectivity index is 1.85. The molecule has 0 radical (unpaired) electrons. The highest BCUT2D eigenvalue weighted by molar-refractivity contribution is 5.82. The Morgan fingerprint density at radius 2 is 1.82 bits per heavy atom. The molecule has 0 aliphatic carbocycles. The van der Waals surface area contributed by atoms with Crippen LogP contribution in [0.25, 0.3) is 0 Å². The molecular weight excluding hydrogens is 276 g/mol. The standard InChI is InChI=1S/C18H20N2O2/c1-14(2)16-10-6-7-11-17(16)22-13-18(21)20-19-12-15-8-4-3-5-9-15/h3-12,14H,13H2,1-2H3,(H,20,21). The molecule has 0 spiro atoms. The molecule has 4 nitrogen and oxygen atoms in total. The zero-order valence-corrected chi connectivity index (χ0v) is 12.8. The maximum absolute atomic E-state index is 11.7. The number of amides is 1. The lowest BCUT2D eigenvalue weighted by molar-refractivity contribution is -0.123. The fourth-order valence-corrected chi connectivity index (χ4v) is 1.98. The summed E-state index contributed by atoms with van der Waals surface area (Å²) >= 11 is 0. The molecule has 0 aliphatic rings. The van der Waals surface area contributed by atoms with E-state index in [4.69, 9.17) is 4.74 Å². The van der Waals surface area contributed by atoms with Crippen molar-refractivity contribution in [3.63, 3.8) is 0 Å². The summed E-state index contributed by atoms with van der Waals surface area (Å²) in [5, 5.41) is 3.91. The van der Waals surface area contributed by atoms with Crippen molar-refractivity contribution in [1.82, 2.24) is 5.43 Å². The lowest BCUT2D eigenvalue weighted by atomic mass is 10.0. The zero-order chi connectivity index (χ0) is 15.8. The predicted molar refractivity (Wildman–Crippen MR) is 88.2 cm³/mol. The monoisotopic (exact) mass is 296 g/mol. The minimum atomic E-state index is -0.286. The lowest BCUT2D eigenvalue weighted by Gasteiger charge is -2.12. The average Bonchev–Trinajstić information content (AvgIpc) is 2.54. The van der Waals surface area contributed by atoms with Gasteiger partial charge in [-0.25, -0.2) is 5.43 Å². The Bertz CT molecular complexity index is 637. The predicted octanol–water partition coefficient (Wildman–Crippen LogP) is 3.34. The van der Waals surface area contributed by atoms with E-state index in [9.17, 15) is 4.79 Å². The smallest absolute Gasteiger partial charge is 0.277 e. The molecule has 1 amide bonds. The number of hydrogen-bond acceptors (Lipinski definition) is 3. The molecule has 22 heavy (non-hydrogen) atoms. The first-order valence-electron chi connectivity index (χ1n) is 7.25. The van der Waals surface area contributed by atoms with Crippen LogP contribution in [0.15, 0.2) is 59.7 Å². The Morgan fingerprint density at radius 1 is 1.14 bits per heavy atom. The van der Waals surface area contributed by atoms with Crippen LogP contribution in [0.5, 0.6) is 5.75 Å². The summed E-state index contributed by atoms with van der Waals surface area (Å²) in [6.45, 7) is 4.12. The molecule has 2 aromatic rings. The average molecular weight is 296 g/mol. The lowest BCUT2D eigenvalue weighted by Crippen LogP contribution is -2.24. The van der Waals surface area contributed by atoms with Gasteiger partial charge in [0.15, 0.2) is 6.61 Å². The van der Waals surface area contributed by atoms with Crippen molar-refractivity contribution in [2.24, 2.45) is 5.10 Å². The Morgan fingerprint density at radius 3 is 2.55 bits per heavy atom. The topological polar surface area (TPSA) is 50.7 Å². The van der Waals surface area contributed by atoms with E-state index in [1.807, 2.05) is 54.6 Å². The summed E-state index contributed by atoms with van der Waals surface area (Å²) in [7, 11) is 0. The summed E-state index contributed by atoms with van der Waals surface area (Å²) in [5.41, 5.74) is 4.47. The van der Waals surface area contributed by atoms with Crippen LogP contribution in [0.4, 0.5) is 0 Å². The number of nitrogens with zero attached hydrogens (tertiary/aromatic N) is 1. The van der Waals surface area contributed by atoms with Crippen LogP contribution < -0.4 is 10.2 Å². The normalized spacial score (nSPS) is 10.9. The van der Waals surface area contributed by atoms with E-state index >= 15 is 0 Å². The van der Waals surface area contributed by atoms with E-state index in [2.05, 4.69) is 24.4 Å². The van der Waals surface area contributed by atoms with E-state index < -0.39 is 0 Å². The fraction of sp³-hybridized carbons (Fsp3) is 0.222. The van der Waals surface area contributed by atoms with Gasteiger partial charge in [0.25, 0.3) is 5.91 Å². The van der Waals surface area contributed by atoms with Crippen LogP contribution in [0.2, 0.25) is 0 Å². The molecule has 4 heteroatoms. The quantitative estimate of drug-likeness (QED) is 0.656. The SMILES string of the molecule is CC(C)c1ccccc1OCC(=O)NN=Cc1ccccc1. The summed E-state index contributed by atoms with van der Waals surface area (Å²) in [6.07, 6.45) is 1.60. The molecule has 2 aromatic carbocycles. The second kappa shape index (κ2) is 7.98. The first-order valence-corrected chi connectivity index (χ1v) is 7.25. The molecule has 0 atom stereocenters. The van der Waals surface area contributed by atoms with Crippen molar-refractivity contribution >= 4 is 12.1 Å². The van der Waals surface area contributed by atoms with Gasteiger partial charge in [-0.3, -0.25) is 4.79 Å². The zero-order valence-electron chi connectivity index (χ0n) is 12.8. The van der Waals surface area contributed by atoms with E-state index in [0.29, 0.717) is 5.92 Å². The van der Waals surface area contributed by atoms with Gasteiger partial charge in [0.1, 0.15) is 5.75 Å². The van der Waals surface area contributed by atoms with Gasteiger partial charge in [0.2, 0.25) is 0 Å². The van der Waals surface area contributed by atoms with Crippen molar-refractivity contribution in [1.29, 1.82) is 0 Å². The Hall–Kier alpha value is -2.62. The third kappa shape index (κ3) is 4.74. The van der Waals surface area contributed by atoms with E-state index in [-0.39, 0.29) is 12.5 Å². The summed E-state index contributed by atoms with van der Waals surface area (Å²) in [4.78, 5) is 11.7. The van der Waals surface area contributed by atoms with Gasteiger partial charge in [-0.1, -0.05) is 62.4 Å². The van der Waals surface area contributed by atoms with Gasteiger partial charge in [0, 0.05) is 0 Å². The van der Waals surface area contributed by atoms with Crippen molar-refractivity contribution in [3.8, 4) is 5.75 Å².